The highest BCUT2D eigenvalue weighted by atomic mass is 15.2. The van der Waals surface area contributed by atoms with Crippen molar-refractivity contribution in [1.82, 2.24) is 15.2 Å². The van der Waals surface area contributed by atoms with E-state index in [4.69, 9.17) is 0 Å². The van der Waals surface area contributed by atoms with Gasteiger partial charge >= 0.3 is 0 Å². The molecule has 1 saturated heterocycles. The smallest absolute Gasteiger partial charge is 0.0392 e. The minimum absolute atomic E-state index is 0.611. The summed E-state index contributed by atoms with van der Waals surface area (Å²) in [5.74, 6) is 0.859. The van der Waals surface area contributed by atoms with Crippen molar-refractivity contribution < 1.29 is 0 Å². The molecule has 1 N–H and O–H groups in total. The van der Waals surface area contributed by atoms with E-state index in [1.807, 2.05) is 6.20 Å². The maximum atomic E-state index is 4.30. The van der Waals surface area contributed by atoms with Crippen molar-refractivity contribution in [3.63, 3.8) is 0 Å². The molecular formula is C14H21N3. The maximum absolute atomic E-state index is 4.30. The highest BCUT2D eigenvalue weighted by Gasteiger charge is 2.33. The van der Waals surface area contributed by atoms with Gasteiger partial charge in [0, 0.05) is 44.6 Å². The Bertz CT molecular complexity index is 342. The third kappa shape index (κ3) is 2.35. The predicted molar refractivity (Wildman–Crippen MR) is 68.8 cm³/mol. The zero-order chi connectivity index (χ0) is 11.5. The summed E-state index contributed by atoms with van der Waals surface area (Å²) < 4.78 is 0. The van der Waals surface area contributed by atoms with Crippen molar-refractivity contribution in [2.75, 3.05) is 26.2 Å². The fourth-order valence-corrected chi connectivity index (χ4v) is 3.05. The summed E-state index contributed by atoms with van der Waals surface area (Å²) in [5.41, 5.74) is 1.42. The third-order valence-electron chi connectivity index (χ3n) is 4.17. The molecule has 1 atom stereocenters. The van der Waals surface area contributed by atoms with Gasteiger partial charge in [-0.25, -0.2) is 0 Å². The van der Waals surface area contributed by atoms with Crippen LogP contribution in [0.4, 0.5) is 0 Å². The molecule has 0 amide bonds. The molecular weight excluding hydrogens is 210 g/mol. The molecule has 3 rings (SSSR count). The molecule has 2 heterocycles. The number of rotatable bonds is 3. The first-order valence-electron chi connectivity index (χ1n) is 6.80. The number of nitrogens with zero attached hydrogens (tertiary/aromatic N) is 2. The van der Waals surface area contributed by atoms with Gasteiger partial charge in [0.2, 0.25) is 0 Å². The Morgan fingerprint density at radius 1 is 1.29 bits per heavy atom. The molecule has 0 bridgehead atoms. The molecule has 2 aliphatic rings. The van der Waals surface area contributed by atoms with E-state index in [9.17, 15) is 0 Å². The van der Waals surface area contributed by atoms with Crippen LogP contribution in [-0.2, 0) is 0 Å². The number of hydrogen-bond acceptors (Lipinski definition) is 3. The number of nitrogens with one attached hydrogen (secondary N) is 1. The third-order valence-corrected chi connectivity index (χ3v) is 4.17. The molecule has 1 aromatic heterocycles. The Morgan fingerprint density at radius 2 is 2.12 bits per heavy atom. The van der Waals surface area contributed by atoms with E-state index in [1.54, 1.807) is 0 Å². The maximum Gasteiger partial charge on any atom is 0.0392 e. The first-order chi connectivity index (χ1) is 8.45. The minimum Gasteiger partial charge on any atom is -0.314 e. The van der Waals surface area contributed by atoms with Gasteiger partial charge < -0.3 is 5.32 Å². The van der Waals surface area contributed by atoms with Crippen molar-refractivity contribution in [3.8, 4) is 0 Å². The Kier molecular flexibility index (Phi) is 3.39. The Morgan fingerprint density at radius 3 is 2.71 bits per heavy atom. The lowest BCUT2D eigenvalue weighted by Gasteiger charge is -2.43. The summed E-state index contributed by atoms with van der Waals surface area (Å²) in [4.78, 5) is 6.95. The van der Waals surface area contributed by atoms with Crippen LogP contribution >= 0.6 is 0 Å². The van der Waals surface area contributed by atoms with E-state index in [-0.39, 0.29) is 0 Å². The lowest BCUT2D eigenvalue weighted by atomic mass is 9.76. The van der Waals surface area contributed by atoms with Gasteiger partial charge in [0.1, 0.15) is 0 Å². The van der Waals surface area contributed by atoms with Crippen LogP contribution in [-0.4, -0.2) is 36.1 Å². The summed E-state index contributed by atoms with van der Waals surface area (Å²) in [6.45, 7) is 4.61. The molecule has 0 spiro atoms. The summed E-state index contributed by atoms with van der Waals surface area (Å²) in [6, 6.07) is 4.93. The molecule has 1 aliphatic heterocycles. The highest BCUT2D eigenvalue weighted by molar-refractivity contribution is 5.16. The lowest BCUT2D eigenvalue weighted by molar-refractivity contribution is 0.0835. The zero-order valence-corrected chi connectivity index (χ0v) is 10.3. The van der Waals surface area contributed by atoms with Gasteiger partial charge in [-0.3, -0.25) is 9.88 Å². The van der Waals surface area contributed by atoms with Crippen molar-refractivity contribution in [1.29, 1.82) is 0 Å². The highest BCUT2D eigenvalue weighted by Crippen LogP contribution is 2.41. The van der Waals surface area contributed by atoms with Gasteiger partial charge in [0.25, 0.3) is 0 Å². The molecule has 17 heavy (non-hydrogen) atoms. The summed E-state index contributed by atoms with van der Waals surface area (Å²) in [6.07, 6.45) is 8.13. The van der Waals surface area contributed by atoms with E-state index in [0.717, 1.165) is 19.0 Å². The molecule has 92 valence electrons. The first kappa shape index (κ1) is 11.2. The fourth-order valence-electron chi connectivity index (χ4n) is 3.05. The van der Waals surface area contributed by atoms with Crippen molar-refractivity contribution in [2.45, 2.75) is 25.3 Å². The van der Waals surface area contributed by atoms with Crippen LogP contribution in [0.2, 0.25) is 0 Å². The van der Waals surface area contributed by atoms with Gasteiger partial charge in [0.05, 0.1) is 0 Å². The number of hydrogen-bond donors (Lipinski definition) is 1. The molecule has 0 aromatic carbocycles. The van der Waals surface area contributed by atoms with Crippen LogP contribution in [0.3, 0.4) is 0 Å². The molecule has 0 unspecified atom stereocenters. The van der Waals surface area contributed by atoms with Gasteiger partial charge in [-0.05, 0) is 30.4 Å². The Hall–Kier alpha value is -0.930. The molecule has 1 aliphatic carbocycles. The molecule has 3 heteroatoms. The van der Waals surface area contributed by atoms with Crippen molar-refractivity contribution >= 4 is 0 Å². The largest absolute Gasteiger partial charge is 0.314 e. The fraction of sp³-hybridized carbons (Fsp3) is 0.643. The number of piperazine rings is 1. The first-order valence-corrected chi connectivity index (χ1v) is 6.80. The molecule has 3 nitrogen and oxygen atoms in total. The van der Waals surface area contributed by atoms with E-state index >= 15 is 0 Å². The quantitative estimate of drug-likeness (QED) is 0.860. The SMILES string of the molecule is c1cncc([C@H](C2CCC2)N2CCNCC2)c1. The summed E-state index contributed by atoms with van der Waals surface area (Å²) >= 11 is 0. The van der Waals surface area contributed by atoms with Gasteiger partial charge in [0.15, 0.2) is 0 Å². The van der Waals surface area contributed by atoms with Crippen LogP contribution in [0.25, 0.3) is 0 Å². The zero-order valence-electron chi connectivity index (χ0n) is 10.3. The van der Waals surface area contributed by atoms with Crippen LogP contribution < -0.4 is 5.32 Å². The van der Waals surface area contributed by atoms with Gasteiger partial charge in [-0.2, -0.15) is 0 Å². The van der Waals surface area contributed by atoms with Crippen LogP contribution in [0, 0.1) is 5.92 Å². The van der Waals surface area contributed by atoms with E-state index in [1.165, 1.54) is 37.9 Å². The number of pyridine rings is 1. The second kappa shape index (κ2) is 5.15. The molecule has 2 fully saturated rings. The normalized spacial score (nSPS) is 24.2. The predicted octanol–water partition coefficient (Wildman–Crippen LogP) is 1.83. The van der Waals surface area contributed by atoms with E-state index in [2.05, 4.69) is 33.5 Å². The second-order valence-corrected chi connectivity index (χ2v) is 5.21. The van der Waals surface area contributed by atoms with Gasteiger partial charge in [-0.15, -0.1) is 0 Å². The monoisotopic (exact) mass is 231 g/mol. The standard InChI is InChI=1S/C14H21N3/c1-3-12(4-1)14(13-5-2-6-16-11-13)17-9-7-15-8-10-17/h2,5-6,11-12,14-15H,1,3-4,7-10H2/t14-/m0/s1. The van der Waals surface area contributed by atoms with Crippen molar-refractivity contribution in [3.05, 3.63) is 30.1 Å². The Labute approximate surface area is 103 Å². The number of aromatic nitrogens is 1. The minimum atomic E-state index is 0.611. The average molecular weight is 231 g/mol. The summed E-state index contributed by atoms with van der Waals surface area (Å²) in [5, 5.41) is 3.44. The average Bonchev–Trinajstić information content (AvgIpc) is 2.36. The molecule has 0 radical (unpaired) electrons. The summed E-state index contributed by atoms with van der Waals surface area (Å²) in [7, 11) is 0. The van der Waals surface area contributed by atoms with E-state index < -0.39 is 0 Å². The van der Waals surface area contributed by atoms with Crippen LogP contribution in [0.1, 0.15) is 30.9 Å². The Balaban J connectivity index is 1.80. The topological polar surface area (TPSA) is 28.2 Å². The second-order valence-electron chi connectivity index (χ2n) is 5.21. The van der Waals surface area contributed by atoms with Crippen LogP contribution in [0.15, 0.2) is 24.5 Å². The van der Waals surface area contributed by atoms with Gasteiger partial charge in [-0.1, -0.05) is 12.5 Å². The molecule has 1 aromatic rings. The molecule has 1 saturated carbocycles. The van der Waals surface area contributed by atoms with Crippen LogP contribution in [0.5, 0.6) is 0 Å². The lowest BCUT2D eigenvalue weighted by Crippen LogP contribution is -2.47. The van der Waals surface area contributed by atoms with E-state index in [0.29, 0.717) is 6.04 Å². The van der Waals surface area contributed by atoms with Crippen molar-refractivity contribution in [2.24, 2.45) is 5.92 Å².